The van der Waals surface area contributed by atoms with Gasteiger partial charge in [-0.2, -0.15) is 0 Å². The first-order valence-electron chi connectivity index (χ1n) is 14.6. The van der Waals surface area contributed by atoms with Gasteiger partial charge in [-0.15, -0.1) is 0 Å². The molecule has 10 rings (SSSR count). The summed E-state index contributed by atoms with van der Waals surface area (Å²) < 4.78 is 0. The van der Waals surface area contributed by atoms with Crippen molar-refractivity contribution < 1.29 is 0 Å². The fourth-order valence-corrected chi connectivity index (χ4v) is 10.4. The summed E-state index contributed by atoms with van der Waals surface area (Å²) in [7, 11) is 0. The second-order valence-electron chi connectivity index (χ2n) is 13.6. The van der Waals surface area contributed by atoms with Gasteiger partial charge in [0.2, 0.25) is 0 Å². The van der Waals surface area contributed by atoms with Crippen molar-refractivity contribution >= 4 is 11.6 Å². The van der Waals surface area contributed by atoms with Gasteiger partial charge in [-0.3, -0.25) is 0 Å². The minimum Gasteiger partial charge on any atom is -0.0843 e. The minimum absolute atomic E-state index is 0.0494. The number of halogens is 1. The van der Waals surface area contributed by atoms with Crippen LogP contribution in [-0.2, 0) is 10.8 Å². The molecule has 0 N–H and O–H groups in total. The summed E-state index contributed by atoms with van der Waals surface area (Å²) in [5, 5.41) is 0.861. The fourth-order valence-electron chi connectivity index (χ4n) is 10.3. The van der Waals surface area contributed by atoms with Gasteiger partial charge in [0.25, 0.3) is 0 Å². The van der Waals surface area contributed by atoms with Crippen molar-refractivity contribution in [3.8, 4) is 33.4 Å². The van der Waals surface area contributed by atoms with Gasteiger partial charge < -0.3 is 0 Å². The Morgan fingerprint density at radius 3 is 1.95 bits per heavy atom. The van der Waals surface area contributed by atoms with Crippen LogP contribution >= 0.6 is 11.6 Å². The number of fused-ring (bicyclic) bond motifs is 6. The number of benzene rings is 4. The monoisotopic (exact) mass is 512 g/mol. The Kier molecular flexibility index (Phi) is 4.19. The van der Waals surface area contributed by atoms with Crippen LogP contribution in [0.1, 0.15) is 68.2 Å². The third-order valence-electron chi connectivity index (χ3n) is 11.5. The largest absolute Gasteiger partial charge is 0.0843 e. The van der Waals surface area contributed by atoms with Crippen molar-refractivity contribution in [2.75, 3.05) is 0 Å². The molecule has 0 atom stereocenters. The van der Waals surface area contributed by atoms with Crippen LogP contribution in [0.5, 0.6) is 0 Å². The molecule has 0 unspecified atom stereocenters. The molecule has 4 aromatic carbocycles. The zero-order valence-electron chi connectivity index (χ0n) is 22.2. The van der Waals surface area contributed by atoms with Crippen LogP contribution in [0.15, 0.2) is 78.9 Å². The van der Waals surface area contributed by atoms with E-state index >= 15 is 0 Å². The molecular formula is C37H33Cl. The third-order valence-corrected chi connectivity index (χ3v) is 11.8. The van der Waals surface area contributed by atoms with E-state index in [1.54, 1.807) is 11.1 Å². The highest BCUT2D eigenvalue weighted by molar-refractivity contribution is 6.31. The summed E-state index contributed by atoms with van der Waals surface area (Å²) in [6, 6.07) is 30.4. The van der Waals surface area contributed by atoms with Crippen LogP contribution in [-0.4, -0.2) is 0 Å². The molecule has 0 amide bonds. The highest BCUT2D eigenvalue weighted by Crippen LogP contribution is 2.69. The Balaban J connectivity index is 1.25. The molecule has 0 heterocycles. The number of hydrogen-bond acceptors (Lipinski definition) is 0. The third kappa shape index (κ3) is 2.59. The Morgan fingerprint density at radius 1 is 0.553 bits per heavy atom. The predicted octanol–water partition coefficient (Wildman–Crippen LogP) is 10.0. The summed E-state index contributed by atoms with van der Waals surface area (Å²) in [6.07, 6.45) is 7.11. The summed E-state index contributed by atoms with van der Waals surface area (Å²) in [6.45, 7) is 4.73. The highest BCUT2D eigenvalue weighted by atomic mass is 35.5. The van der Waals surface area contributed by atoms with Crippen molar-refractivity contribution in [2.45, 2.75) is 56.8 Å². The Morgan fingerprint density at radius 2 is 1.16 bits per heavy atom. The molecule has 4 fully saturated rings. The van der Waals surface area contributed by atoms with Gasteiger partial charge in [0.15, 0.2) is 0 Å². The second kappa shape index (κ2) is 7.22. The van der Waals surface area contributed by atoms with Crippen LogP contribution in [0.4, 0.5) is 0 Å². The summed E-state index contributed by atoms with van der Waals surface area (Å²) >= 11 is 6.61. The fraction of sp³-hybridized carbons (Fsp3) is 0.351. The van der Waals surface area contributed by atoms with Gasteiger partial charge in [0.05, 0.1) is 0 Å². The maximum Gasteiger partial charge on any atom is 0.0412 e. The van der Waals surface area contributed by atoms with E-state index in [1.165, 1.54) is 76.6 Å². The van der Waals surface area contributed by atoms with E-state index in [0.717, 1.165) is 28.7 Å². The van der Waals surface area contributed by atoms with Gasteiger partial charge in [0.1, 0.15) is 0 Å². The van der Waals surface area contributed by atoms with Gasteiger partial charge in [-0.05, 0) is 136 Å². The van der Waals surface area contributed by atoms with E-state index in [2.05, 4.69) is 92.7 Å². The van der Waals surface area contributed by atoms with Crippen LogP contribution < -0.4 is 0 Å². The lowest BCUT2D eigenvalue weighted by Gasteiger charge is -2.61. The van der Waals surface area contributed by atoms with E-state index in [4.69, 9.17) is 11.6 Å². The average molecular weight is 513 g/mol. The number of hydrogen-bond donors (Lipinski definition) is 0. The molecule has 188 valence electrons. The van der Waals surface area contributed by atoms with Gasteiger partial charge in [-0.1, -0.05) is 80.0 Å². The molecule has 1 heteroatoms. The molecule has 6 aliphatic rings. The molecule has 0 aliphatic heterocycles. The minimum atomic E-state index is 0.0494. The van der Waals surface area contributed by atoms with E-state index in [1.807, 2.05) is 0 Å². The predicted molar refractivity (Wildman–Crippen MR) is 158 cm³/mol. The molecule has 0 aromatic heterocycles. The van der Waals surface area contributed by atoms with Crippen LogP contribution in [0.3, 0.4) is 0 Å². The molecule has 6 aliphatic carbocycles. The summed E-state index contributed by atoms with van der Waals surface area (Å²) in [5.41, 5.74) is 14.6. The smallest absolute Gasteiger partial charge is 0.0412 e. The Hall–Kier alpha value is -2.83. The lowest BCUT2D eigenvalue weighted by Crippen LogP contribution is -2.55. The zero-order chi connectivity index (χ0) is 25.4. The van der Waals surface area contributed by atoms with Gasteiger partial charge >= 0.3 is 0 Å². The first-order chi connectivity index (χ1) is 18.4. The summed E-state index contributed by atoms with van der Waals surface area (Å²) in [5.74, 6) is 3.43. The first kappa shape index (κ1) is 22.0. The van der Waals surface area contributed by atoms with Crippen LogP contribution in [0, 0.1) is 23.7 Å². The Labute approximate surface area is 231 Å². The quantitative estimate of drug-likeness (QED) is 0.238. The van der Waals surface area contributed by atoms with E-state index in [-0.39, 0.29) is 10.8 Å². The normalized spacial score (nSPS) is 30.3. The van der Waals surface area contributed by atoms with Gasteiger partial charge in [-0.25, -0.2) is 0 Å². The van der Waals surface area contributed by atoms with Crippen LogP contribution in [0.2, 0.25) is 5.02 Å². The molecule has 4 saturated carbocycles. The first-order valence-corrected chi connectivity index (χ1v) is 15.0. The van der Waals surface area contributed by atoms with Crippen molar-refractivity contribution in [3.05, 3.63) is 106 Å². The van der Waals surface area contributed by atoms with Gasteiger partial charge in [0, 0.05) is 15.9 Å². The molecule has 4 aromatic rings. The maximum absolute atomic E-state index is 6.61. The lowest BCUT2D eigenvalue weighted by atomic mass is 9.43. The molecule has 0 saturated heterocycles. The molecule has 0 radical (unpaired) electrons. The SMILES string of the molecule is CC1(C)c2ccccc2-c2cc(-c3ccc4c(c3)C3(c5ccc(Cl)cc5-4)C4CC5CC(C4)CC3C5)ccc21. The zero-order valence-corrected chi connectivity index (χ0v) is 23.0. The average Bonchev–Trinajstić information content (AvgIpc) is 3.33. The van der Waals surface area contributed by atoms with Crippen molar-refractivity contribution in [1.82, 2.24) is 0 Å². The lowest BCUT2D eigenvalue weighted by molar-refractivity contribution is -0.0399. The summed E-state index contributed by atoms with van der Waals surface area (Å²) in [4.78, 5) is 0. The molecular weight excluding hydrogens is 480 g/mol. The Bertz CT molecular complexity index is 1640. The molecule has 38 heavy (non-hydrogen) atoms. The van der Waals surface area contributed by atoms with Crippen LogP contribution in [0.25, 0.3) is 33.4 Å². The van der Waals surface area contributed by atoms with E-state index in [0.29, 0.717) is 0 Å². The van der Waals surface area contributed by atoms with Crippen molar-refractivity contribution in [2.24, 2.45) is 23.7 Å². The number of rotatable bonds is 1. The van der Waals surface area contributed by atoms with E-state index in [9.17, 15) is 0 Å². The topological polar surface area (TPSA) is 0 Å². The van der Waals surface area contributed by atoms with E-state index < -0.39 is 0 Å². The molecule has 4 bridgehead atoms. The standard InChI is InChI=1S/C37H33Cl/c1-36(2)32-6-4-3-5-28(32)30-18-23(8-11-33(30)36)24-7-10-29-31-20-27(38)9-12-34(31)37(35(29)19-24)25-14-21-13-22(16-25)17-26(37)15-21/h3-12,18-22,25-26H,13-17H2,1-2H3. The maximum atomic E-state index is 6.61. The second-order valence-corrected chi connectivity index (χ2v) is 14.0. The van der Waals surface area contributed by atoms with Crippen molar-refractivity contribution in [1.29, 1.82) is 0 Å². The molecule has 1 spiro atoms. The highest BCUT2D eigenvalue weighted by Gasteiger charge is 2.61. The molecule has 0 nitrogen and oxygen atoms in total. The van der Waals surface area contributed by atoms with Crippen molar-refractivity contribution in [3.63, 3.8) is 0 Å².